The molecule has 4 N–H and O–H groups in total. The van der Waals surface area contributed by atoms with Gasteiger partial charge in [-0.3, -0.25) is 14.9 Å². The van der Waals surface area contributed by atoms with Crippen molar-refractivity contribution in [2.45, 2.75) is 82.9 Å². The van der Waals surface area contributed by atoms with Crippen molar-refractivity contribution in [3.05, 3.63) is 59.7 Å². The van der Waals surface area contributed by atoms with Crippen LogP contribution < -0.4 is 21.3 Å². The van der Waals surface area contributed by atoms with Crippen LogP contribution in [0.4, 0.5) is 16.2 Å². The lowest BCUT2D eigenvalue weighted by molar-refractivity contribution is -0.136. The van der Waals surface area contributed by atoms with Gasteiger partial charge in [-0.05, 0) is 68.7 Å². The molecule has 42 heavy (non-hydrogen) atoms. The first-order valence-electron chi connectivity index (χ1n) is 15.7. The third-order valence-electron chi connectivity index (χ3n) is 8.92. The topological polar surface area (TPSA) is 117 Å². The molecule has 1 heterocycles. The van der Waals surface area contributed by atoms with Gasteiger partial charge in [-0.15, -0.1) is 0 Å². The van der Waals surface area contributed by atoms with Crippen molar-refractivity contribution in [3.8, 4) is 0 Å². The molecule has 0 spiro atoms. The maximum atomic E-state index is 13.2. The van der Waals surface area contributed by atoms with Crippen LogP contribution in [-0.2, 0) is 16.1 Å². The molecule has 5 rings (SSSR count). The molecule has 2 aromatic carbocycles. The fraction of sp³-hybridized carbons (Fsp3) is 0.545. The Morgan fingerprint density at radius 3 is 2.36 bits per heavy atom. The van der Waals surface area contributed by atoms with Crippen molar-refractivity contribution in [1.29, 1.82) is 0 Å². The third-order valence-corrected chi connectivity index (χ3v) is 8.92. The quantitative estimate of drug-likeness (QED) is 0.425. The Balaban J connectivity index is 1.29. The van der Waals surface area contributed by atoms with E-state index in [0.29, 0.717) is 24.3 Å². The maximum absolute atomic E-state index is 13.2. The largest absolute Gasteiger partial charge is 0.444 e. The zero-order valence-corrected chi connectivity index (χ0v) is 24.6. The number of benzene rings is 2. The van der Waals surface area contributed by atoms with Crippen molar-refractivity contribution in [2.24, 2.45) is 11.7 Å². The van der Waals surface area contributed by atoms with E-state index in [9.17, 15) is 14.4 Å². The predicted octanol–water partition coefficient (Wildman–Crippen LogP) is 5.05. The Morgan fingerprint density at radius 2 is 1.60 bits per heavy atom. The van der Waals surface area contributed by atoms with Crippen LogP contribution >= 0.6 is 0 Å². The van der Waals surface area contributed by atoms with Gasteiger partial charge in [-0.25, -0.2) is 4.79 Å². The Hall–Kier alpha value is -3.59. The normalized spacial score (nSPS) is 21.7. The average molecular weight is 576 g/mol. The zero-order valence-electron chi connectivity index (χ0n) is 24.6. The highest BCUT2D eigenvalue weighted by Crippen LogP contribution is 2.30. The number of nitrogens with one attached hydrogen (secondary N) is 2. The second-order valence-electron chi connectivity index (χ2n) is 12.0. The molecular formula is C33H45N5O4. The van der Waals surface area contributed by atoms with Gasteiger partial charge in [0.2, 0.25) is 5.91 Å². The minimum atomic E-state index is -0.581. The molecule has 0 radical (unpaired) electrons. The standard InChI is InChI=1S/C33H45N5O4/c34-27-13-15-28(16-14-27)35-31(39)26-12-17-30(29(22-26)36-33(41)42-23-24-8-3-1-4-9-24)37-18-7-19-38(21-20-37)32(40)25-10-5-2-6-11-25/h1,3-4,8-9,12,17,22,25,27-28H,2,5-7,10-11,13-16,18-21,23,34H2,(H,35,39)(H,36,41). The van der Waals surface area contributed by atoms with E-state index in [4.69, 9.17) is 10.5 Å². The lowest BCUT2D eigenvalue weighted by Crippen LogP contribution is -2.40. The van der Waals surface area contributed by atoms with E-state index in [1.807, 2.05) is 47.4 Å². The second-order valence-corrected chi connectivity index (χ2v) is 12.0. The number of hydrogen-bond donors (Lipinski definition) is 3. The molecule has 1 saturated heterocycles. The first-order chi connectivity index (χ1) is 20.5. The van der Waals surface area contributed by atoms with Crippen LogP contribution in [0.15, 0.2) is 48.5 Å². The summed E-state index contributed by atoms with van der Waals surface area (Å²) in [5, 5.41) is 6.05. The molecule has 3 amide bonds. The second kappa shape index (κ2) is 14.5. The van der Waals surface area contributed by atoms with Gasteiger partial charge in [-0.1, -0.05) is 49.6 Å². The molecule has 3 fully saturated rings. The number of anilines is 2. The number of amides is 3. The molecule has 2 aromatic rings. The summed E-state index contributed by atoms with van der Waals surface area (Å²) in [5.41, 5.74) is 8.76. The summed E-state index contributed by atoms with van der Waals surface area (Å²) in [6.45, 7) is 2.92. The Bertz CT molecular complexity index is 1210. The molecule has 0 bridgehead atoms. The summed E-state index contributed by atoms with van der Waals surface area (Å²) in [6, 6.07) is 15.3. The van der Waals surface area contributed by atoms with E-state index in [1.54, 1.807) is 6.07 Å². The van der Waals surface area contributed by atoms with Crippen molar-refractivity contribution >= 4 is 29.3 Å². The molecule has 9 heteroatoms. The van der Waals surface area contributed by atoms with Gasteiger partial charge in [-0.2, -0.15) is 0 Å². The summed E-state index contributed by atoms with van der Waals surface area (Å²) < 4.78 is 5.51. The molecule has 226 valence electrons. The smallest absolute Gasteiger partial charge is 0.412 e. The van der Waals surface area contributed by atoms with E-state index in [1.165, 1.54) is 6.42 Å². The van der Waals surface area contributed by atoms with Crippen LogP contribution in [0.25, 0.3) is 0 Å². The molecule has 2 aliphatic carbocycles. The molecular weight excluding hydrogens is 530 g/mol. The SMILES string of the molecule is NC1CCC(NC(=O)c2ccc(N3CCCN(C(=O)C4CCCCC4)CC3)c(NC(=O)OCc3ccccc3)c2)CC1. The third kappa shape index (κ3) is 8.03. The van der Waals surface area contributed by atoms with Gasteiger partial charge in [0.15, 0.2) is 0 Å². The number of nitrogens with zero attached hydrogens (tertiary/aromatic N) is 2. The lowest BCUT2D eigenvalue weighted by atomic mass is 9.88. The summed E-state index contributed by atoms with van der Waals surface area (Å²) >= 11 is 0. The van der Waals surface area contributed by atoms with Crippen molar-refractivity contribution in [3.63, 3.8) is 0 Å². The van der Waals surface area contributed by atoms with Gasteiger partial charge in [0.25, 0.3) is 5.91 Å². The summed E-state index contributed by atoms with van der Waals surface area (Å²) in [4.78, 5) is 43.6. The predicted molar refractivity (Wildman–Crippen MR) is 164 cm³/mol. The fourth-order valence-electron chi connectivity index (χ4n) is 6.44. The molecule has 0 atom stereocenters. The number of nitrogens with two attached hydrogens (primary N) is 1. The number of carbonyl (C=O) groups is 3. The van der Waals surface area contributed by atoms with E-state index in [2.05, 4.69) is 15.5 Å². The summed E-state index contributed by atoms with van der Waals surface area (Å²) in [5.74, 6) is 0.275. The minimum Gasteiger partial charge on any atom is -0.444 e. The van der Waals surface area contributed by atoms with Crippen LogP contribution in [0, 0.1) is 5.92 Å². The van der Waals surface area contributed by atoms with Gasteiger partial charge in [0.05, 0.1) is 11.4 Å². The van der Waals surface area contributed by atoms with Crippen LogP contribution in [0.2, 0.25) is 0 Å². The minimum absolute atomic E-state index is 0.0996. The van der Waals surface area contributed by atoms with Crippen LogP contribution in [-0.4, -0.2) is 61.1 Å². The van der Waals surface area contributed by atoms with Gasteiger partial charge in [0, 0.05) is 49.7 Å². The fourth-order valence-corrected chi connectivity index (χ4v) is 6.44. The Labute approximate surface area is 249 Å². The summed E-state index contributed by atoms with van der Waals surface area (Å²) in [7, 11) is 0. The molecule has 0 unspecified atom stereocenters. The highest BCUT2D eigenvalue weighted by Gasteiger charge is 2.28. The molecule has 0 aromatic heterocycles. The van der Waals surface area contributed by atoms with Crippen LogP contribution in [0.1, 0.15) is 80.1 Å². The van der Waals surface area contributed by atoms with Gasteiger partial charge in [0.1, 0.15) is 6.61 Å². The first kappa shape index (κ1) is 29.9. The van der Waals surface area contributed by atoms with E-state index < -0.39 is 6.09 Å². The van der Waals surface area contributed by atoms with E-state index >= 15 is 0 Å². The average Bonchev–Trinajstić information content (AvgIpc) is 3.28. The van der Waals surface area contributed by atoms with Gasteiger partial charge >= 0.3 is 6.09 Å². The first-order valence-corrected chi connectivity index (χ1v) is 15.7. The van der Waals surface area contributed by atoms with Crippen molar-refractivity contribution in [1.82, 2.24) is 10.2 Å². The number of carbonyl (C=O) groups excluding carboxylic acids is 3. The van der Waals surface area contributed by atoms with E-state index in [0.717, 1.165) is 82.1 Å². The molecule has 9 nitrogen and oxygen atoms in total. The maximum Gasteiger partial charge on any atom is 0.412 e. The Kier molecular flexibility index (Phi) is 10.3. The highest BCUT2D eigenvalue weighted by molar-refractivity contribution is 5.98. The number of ether oxygens (including phenoxy) is 1. The monoisotopic (exact) mass is 575 g/mol. The van der Waals surface area contributed by atoms with E-state index in [-0.39, 0.29) is 36.4 Å². The van der Waals surface area contributed by atoms with Crippen LogP contribution in [0.3, 0.4) is 0 Å². The number of hydrogen-bond acceptors (Lipinski definition) is 6. The molecule has 2 saturated carbocycles. The lowest BCUT2D eigenvalue weighted by Gasteiger charge is -2.29. The number of rotatable bonds is 7. The molecule has 3 aliphatic rings. The van der Waals surface area contributed by atoms with Gasteiger partial charge < -0.3 is 25.6 Å². The highest BCUT2D eigenvalue weighted by atomic mass is 16.5. The van der Waals surface area contributed by atoms with Crippen LogP contribution in [0.5, 0.6) is 0 Å². The Morgan fingerprint density at radius 1 is 0.833 bits per heavy atom. The summed E-state index contributed by atoms with van der Waals surface area (Å²) in [6.07, 6.45) is 9.29. The molecule has 1 aliphatic heterocycles. The van der Waals surface area contributed by atoms with Crippen molar-refractivity contribution < 1.29 is 19.1 Å². The van der Waals surface area contributed by atoms with Crippen molar-refractivity contribution in [2.75, 3.05) is 36.4 Å². The zero-order chi connectivity index (χ0) is 29.3.